The van der Waals surface area contributed by atoms with Gasteiger partial charge >= 0.3 is 0 Å². The number of nitrogens with two attached hydrogens (primary N) is 1. The molecule has 0 aliphatic carbocycles. The van der Waals surface area contributed by atoms with Crippen molar-refractivity contribution in [3.63, 3.8) is 0 Å². The van der Waals surface area contributed by atoms with E-state index in [1.165, 1.54) is 6.20 Å². The first-order valence-electron chi connectivity index (χ1n) is 4.69. The second kappa shape index (κ2) is 4.15. The monoisotopic (exact) mass is 205 g/mol. The summed E-state index contributed by atoms with van der Waals surface area (Å²) >= 11 is 0. The minimum atomic E-state index is -0.00627. The van der Waals surface area contributed by atoms with Crippen LogP contribution in [0.5, 0.6) is 5.88 Å². The van der Waals surface area contributed by atoms with E-state index < -0.39 is 0 Å². The van der Waals surface area contributed by atoms with E-state index in [4.69, 9.17) is 20.5 Å². The number of hydrogen-bond donors (Lipinski definition) is 1. The van der Waals surface area contributed by atoms with Gasteiger partial charge in [-0.1, -0.05) is 0 Å². The predicted molar refractivity (Wildman–Crippen MR) is 53.2 cm³/mol. The maximum atomic E-state index is 8.86. The smallest absolute Gasteiger partial charge is 0.232 e. The van der Waals surface area contributed by atoms with Gasteiger partial charge in [0.05, 0.1) is 25.1 Å². The fourth-order valence-electron chi connectivity index (χ4n) is 1.41. The van der Waals surface area contributed by atoms with Crippen LogP contribution >= 0.6 is 0 Å². The number of hydrogen-bond acceptors (Lipinski definition) is 5. The summed E-state index contributed by atoms with van der Waals surface area (Å²) in [6.07, 6.45) is 2.30. The zero-order chi connectivity index (χ0) is 10.7. The zero-order valence-electron chi connectivity index (χ0n) is 8.14. The number of nitriles is 1. The molecule has 0 saturated carbocycles. The summed E-state index contributed by atoms with van der Waals surface area (Å²) in [7, 11) is 0. The lowest BCUT2D eigenvalue weighted by Crippen LogP contribution is -2.17. The molecular formula is C10H11N3O2. The fraction of sp³-hybridized carbons (Fsp3) is 0.400. The summed E-state index contributed by atoms with van der Waals surface area (Å²) < 4.78 is 10.7. The van der Waals surface area contributed by atoms with E-state index in [0.29, 0.717) is 30.3 Å². The third-order valence-electron chi connectivity index (χ3n) is 2.16. The van der Waals surface area contributed by atoms with E-state index in [9.17, 15) is 0 Å². The Hall–Kier alpha value is -1.80. The second-order valence-corrected chi connectivity index (χ2v) is 3.34. The van der Waals surface area contributed by atoms with E-state index >= 15 is 0 Å². The number of rotatable bonds is 2. The molecule has 1 fully saturated rings. The highest BCUT2D eigenvalue weighted by molar-refractivity contribution is 5.48. The number of nitrogens with zero attached hydrogens (tertiary/aromatic N) is 2. The lowest BCUT2D eigenvalue weighted by molar-refractivity contribution is 0.138. The van der Waals surface area contributed by atoms with Crippen LogP contribution in [0.4, 0.5) is 5.69 Å². The second-order valence-electron chi connectivity index (χ2n) is 3.34. The van der Waals surface area contributed by atoms with Crippen molar-refractivity contribution in [3.8, 4) is 11.9 Å². The molecule has 2 heterocycles. The van der Waals surface area contributed by atoms with E-state index in [1.54, 1.807) is 6.07 Å². The van der Waals surface area contributed by atoms with Crippen LogP contribution in [0, 0.1) is 11.3 Å². The molecule has 2 N–H and O–H groups in total. The largest absolute Gasteiger partial charge is 0.471 e. The van der Waals surface area contributed by atoms with Crippen molar-refractivity contribution in [2.24, 2.45) is 0 Å². The van der Waals surface area contributed by atoms with Crippen LogP contribution < -0.4 is 10.5 Å². The zero-order valence-corrected chi connectivity index (χ0v) is 8.14. The number of aromatic nitrogens is 1. The van der Waals surface area contributed by atoms with Crippen LogP contribution in [0.15, 0.2) is 12.3 Å². The molecular weight excluding hydrogens is 194 g/mol. The molecule has 1 aliphatic rings. The van der Waals surface area contributed by atoms with Crippen LogP contribution in [0.1, 0.15) is 12.0 Å². The standard InChI is InChI=1S/C10H11N3O2/c11-4-7-3-8(12)5-13-10(7)15-9-1-2-14-6-9/h3,5,9H,1-2,6,12H2. The highest BCUT2D eigenvalue weighted by Gasteiger charge is 2.19. The molecule has 0 aromatic carbocycles. The first-order valence-corrected chi connectivity index (χ1v) is 4.69. The molecule has 5 nitrogen and oxygen atoms in total. The number of pyridine rings is 1. The van der Waals surface area contributed by atoms with Crippen molar-refractivity contribution in [1.29, 1.82) is 5.26 Å². The Bertz CT molecular complexity index is 394. The summed E-state index contributed by atoms with van der Waals surface area (Å²) in [6, 6.07) is 3.56. The van der Waals surface area contributed by atoms with Crippen LogP contribution in [-0.2, 0) is 4.74 Å². The van der Waals surface area contributed by atoms with Gasteiger partial charge in [0.25, 0.3) is 0 Å². The Labute approximate surface area is 87.4 Å². The fourth-order valence-corrected chi connectivity index (χ4v) is 1.41. The highest BCUT2D eigenvalue weighted by atomic mass is 16.5. The molecule has 2 rings (SSSR count). The molecule has 15 heavy (non-hydrogen) atoms. The maximum Gasteiger partial charge on any atom is 0.232 e. The van der Waals surface area contributed by atoms with E-state index in [2.05, 4.69) is 4.98 Å². The van der Waals surface area contributed by atoms with Crippen LogP contribution in [0.3, 0.4) is 0 Å². The summed E-state index contributed by atoms with van der Waals surface area (Å²) in [6.45, 7) is 1.25. The molecule has 0 amide bonds. The predicted octanol–water partition coefficient (Wildman–Crippen LogP) is 0.703. The van der Waals surface area contributed by atoms with Gasteiger partial charge in [0.1, 0.15) is 17.7 Å². The van der Waals surface area contributed by atoms with E-state index in [0.717, 1.165) is 6.42 Å². The lowest BCUT2D eigenvalue weighted by Gasteiger charge is -2.11. The van der Waals surface area contributed by atoms with Crippen molar-refractivity contribution in [2.75, 3.05) is 18.9 Å². The molecule has 0 bridgehead atoms. The topological polar surface area (TPSA) is 81.2 Å². The number of anilines is 1. The molecule has 1 atom stereocenters. The Kier molecular flexibility index (Phi) is 2.70. The quantitative estimate of drug-likeness (QED) is 0.768. The summed E-state index contributed by atoms with van der Waals surface area (Å²) in [5.74, 6) is 0.335. The average molecular weight is 205 g/mol. The molecule has 5 heteroatoms. The molecule has 1 aliphatic heterocycles. The van der Waals surface area contributed by atoms with Crippen molar-refractivity contribution in [3.05, 3.63) is 17.8 Å². The van der Waals surface area contributed by atoms with Crippen molar-refractivity contribution in [1.82, 2.24) is 4.98 Å². The first-order chi connectivity index (χ1) is 7.29. The SMILES string of the molecule is N#Cc1cc(N)cnc1OC1CCOC1. The Balaban J connectivity index is 2.16. The summed E-state index contributed by atoms with van der Waals surface area (Å²) in [4.78, 5) is 3.99. The van der Waals surface area contributed by atoms with Gasteiger partial charge in [0, 0.05) is 6.42 Å². The van der Waals surface area contributed by atoms with Gasteiger partial charge in [0.2, 0.25) is 5.88 Å². The normalized spacial score (nSPS) is 19.8. The van der Waals surface area contributed by atoms with Gasteiger partial charge in [-0.25, -0.2) is 4.98 Å². The van der Waals surface area contributed by atoms with Gasteiger partial charge in [-0.3, -0.25) is 0 Å². The molecule has 1 aromatic heterocycles. The van der Waals surface area contributed by atoms with E-state index in [1.807, 2.05) is 6.07 Å². The molecule has 1 saturated heterocycles. The minimum Gasteiger partial charge on any atom is -0.471 e. The van der Waals surface area contributed by atoms with Gasteiger partial charge < -0.3 is 15.2 Å². The molecule has 1 unspecified atom stereocenters. The van der Waals surface area contributed by atoms with Crippen molar-refractivity contribution >= 4 is 5.69 Å². The summed E-state index contributed by atoms with van der Waals surface area (Å²) in [5, 5.41) is 8.86. The number of ether oxygens (including phenoxy) is 2. The third-order valence-corrected chi connectivity index (χ3v) is 2.16. The van der Waals surface area contributed by atoms with Crippen LogP contribution in [-0.4, -0.2) is 24.3 Å². The Morgan fingerprint density at radius 3 is 3.20 bits per heavy atom. The third kappa shape index (κ3) is 2.17. The van der Waals surface area contributed by atoms with Crippen LogP contribution in [0.25, 0.3) is 0 Å². The first kappa shape index (κ1) is 9.74. The van der Waals surface area contributed by atoms with E-state index in [-0.39, 0.29) is 6.10 Å². The Morgan fingerprint density at radius 2 is 2.53 bits per heavy atom. The molecule has 1 aromatic rings. The molecule has 0 radical (unpaired) electrons. The van der Waals surface area contributed by atoms with Gasteiger partial charge in [-0.05, 0) is 6.07 Å². The maximum absolute atomic E-state index is 8.86. The minimum absolute atomic E-state index is 0.00627. The molecule has 0 spiro atoms. The molecule has 78 valence electrons. The average Bonchev–Trinajstić information content (AvgIpc) is 2.73. The lowest BCUT2D eigenvalue weighted by atomic mass is 10.2. The highest BCUT2D eigenvalue weighted by Crippen LogP contribution is 2.20. The van der Waals surface area contributed by atoms with Gasteiger partial charge in [-0.15, -0.1) is 0 Å². The van der Waals surface area contributed by atoms with Gasteiger partial charge in [0.15, 0.2) is 0 Å². The van der Waals surface area contributed by atoms with Crippen molar-refractivity contribution in [2.45, 2.75) is 12.5 Å². The van der Waals surface area contributed by atoms with Crippen LogP contribution in [0.2, 0.25) is 0 Å². The Morgan fingerprint density at radius 1 is 1.67 bits per heavy atom. The number of nitrogen functional groups attached to an aromatic ring is 1. The van der Waals surface area contributed by atoms with Crippen molar-refractivity contribution < 1.29 is 9.47 Å². The van der Waals surface area contributed by atoms with Gasteiger partial charge in [-0.2, -0.15) is 5.26 Å². The summed E-state index contributed by atoms with van der Waals surface area (Å²) in [5.41, 5.74) is 6.34.